The highest BCUT2D eigenvalue weighted by atomic mass is 16.7. The molecule has 0 saturated carbocycles. The number of carbonyl (C=O) groups is 1. The molecule has 0 aliphatic heterocycles. The van der Waals surface area contributed by atoms with Crippen LogP contribution in [0.5, 0.6) is 0 Å². The van der Waals surface area contributed by atoms with Crippen LogP contribution in [0.25, 0.3) is 11.1 Å². The quantitative estimate of drug-likeness (QED) is 0.682. The average molecular weight is 269 g/mol. The van der Waals surface area contributed by atoms with E-state index in [1.54, 1.807) is 12.1 Å². The molecule has 0 amide bonds. The molecule has 102 valence electrons. The highest BCUT2D eigenvalue weighted by molar-refractivity contribution is 5.89. The van der Waals surface area contributed by atoms with E-state index in [4.69, 9.17) is 5.53 Å². The lowest BCUT2D eigenvalue weighted by molar-refractivity contribution is 0.0466. The zero-order valence-corrected chi connectivity index (χ0v) is 11.3. The van der Waals surface area contributed by atoms with Crippen molar-refractivity contribution in [3.05, 3.63) is 54.1 Å². The summed E-state index contributed by atoms with van der Waals surface area (Å²) in [4.78, 5) is 17.7. The molecule has 0 aliphatic carbocycles. The Morgan fingerprint density at radius 2 is 1.50 bits per heavy atom. The monoisotopic (exact) mass is 269 g/mol. The highest BCUT2D eigenvalue weighted by Crippen LogP contribution is 2.23. The van der Waals surface area contributed by atoms with Crippen molar-refractivity contribution in [2.45, 2.75) is 0 Å². The molecule has 0 aliphatic rings. The van der Waals surface area contributed by atoms with Gasteiger partial charge in [0.1, 0.15) is 0 Å². The number of hydrogen-bond donors (Lipinski definition) is 1. The second-order valence-corrected chi connectivity index (χ2v) is 4.49. The third kappa shape index (κ3) is 3.00. The Morgan fingerprint density at radius 3 is 1.95 bits per heavy atom. The lowest BCUT2D eigenvalue weighted by Crippen LogP contribution is -2.07. The molecule has 1 N–H and O–H groups in total. The van der Waals surface area contributed by atoms with E-state index < -0.39 is 5.97 Å². The maximum atomic E-state index is 11.4. The minimum Gasteiger partial charge on any atom is -0.378 e. The number of rotatable bonds is 4. The first-order valence-electron chi connectivity index (χ1n) is 6.08. The van der Waals surface area contributed by atoms with Crippen molar-refractivity contribution < 1.29 is 9.63 Å². The predicted molar refractivity (Wildman–Crippen MR) is 76.8 cm³/mol. The van der Waals surface area contributed by atoms with Crippen molar-refractivity contribution in [2.24, 2.45) is 5.28 Å². The van der Waals surface area contributed by atoms with Crippen molar-refractivity contribution >= 4 is 11.7 Å². The molecule has 2 rings (SSSR count). The summed E-state index contributed by atoms with van der Waals surface area (Å²) in [6.45, 7) is 0. The normalized spacial score (nSPS) is 9.90. The van der Waals surface area contributed by atoms with Crippen LogP contribution in [0, 0.1) is 5.53 Å². The molecule has 0 fully saturated rings. The molecule has 0 unspecified atom stereocenters. The average Bonchev–Trinajstić information content (AvgIpc) is 2.48. The van der Waals surface area contributed by atoms with Crippen LogP contribution in [0.2, 0.25) is 0 Å². The summed E-state index contributed by atoms with van der Waals surface area (Å²) in [6, 6.07) is 15.1. The fourth-order valence-corrected chi connectivity index (χ4v) is 1.84. The first-order valence-corrected chi connectivity index (χ1v) is 6.08. The van der Waals surface area contributed by atoms with E-state index in [1.807, 2.05) is 55.4 Å². The van der Waals surface area contributed by atoms with Gasteiger partial charge in [-0.3, -0.25) is 4.84 Å². The van der Waals surface area contributed by atoms with E-state index in [9.17, 15) is 4.79 Å². The van der Waals surface area contributed by atoms with Gasteiger partial charge in [0, 0.05) is 25.1 Å². The Balaban J connectivity index is 2.21. The van der Waals surface area contributed by atoms with Gasteiger partial charge in [-0.15, -0.1) is 0 Å². The molecule has 0 radical (unpaired) electrons. The Hall–Kier alpha value is -2.69. The van der Waals surface area contributed by atoms with E-state index in [0.717, 1.165) is 16.8 Å². The smallest absolute Gasteiger partial charge is 0.367 e. The number of benzene rings is 2. The molecule has 5 heteroatoms. The SMILES string of the molecule is CN(C)c1ccc(-c2ccc(C(=O)ON=N)cc2)cc1. The molecule has 0 bridgehead atoms. The van der Waals surface area contributed by atoms with E-state index >= 15 is 0 Å². The van der Waals surface area contributed by atoms with Gasteiger partial charge in [-0.1, -0.05) is 24.3 Å². The van der Waals surface area contributed by atoms with Crippen molar-refractivity contribution in [1.29, 1.82) is 5.53 Å². The summed E-state index contributed by atoms with van der Waals surface area (Å²) in [5.74, 6) is -0.630. The number of nitrogens with one attached hydrogen (secondary N) is 1. The molecule has 2 aromatic carbocycles. The van der Waals surface area contributed by atoms with Gasteiger partial charge in [0.25, 0.3) is 0 Å². The van der Waals surface area contributed by atoms with Gasteiger partial charge >= 0.3 is 5.97 Å². The Bertz CT molecular complexity index is 604. The first kappa shape index (κ1) is 13.7. The topological polar surface area (TPSA) is 65.8 Å². The minimum absolute atomic E-state index is 0.370. The zero-order chi connectivity index (χ0) is 14.5. The fourth-order valence-electron chi connectivity index (χ4n) is 1.84. The summed E-state index contributed by atoms with van der Waals surface area (Å²) in [6.07, 6.45) is 0. The standard InChI is InChI=1S/C15H15N3O2/c1-18(2)14-9-7-12(8-10-14)11-3-5-13(6-4-11)15(19)20-17-16/h3-10,16H,1-2H3. The van der Waals surface area contributed by atoms with Gasteiger partial charge in [-0.05, 0) is 35.4 Å². The third-order valence-electron chi connectivity index (χ3n) is 2.97. The number of hydrogen-bond acceptors (Lipinski definition) is 5. The summed E-state index contributed by atoms with van der Waals surface area (Å²) in [7, 11) is 3.99. The molecule has 5 nitrogen and oxygen atoms in total. The number of nitrogens with zero attached hydrogens (tertiary/aromatic N) is 2. The Morgan fingerprint density at radius 1 is 1.00 bits per heavy atom. The Kier molecular flexibility index (Phi) is 4.10. The van der Waals surface area contributed by atoms with Crippen LogP contribution < -0.4 is 4.90 Å². The maximum Gasteiger partial charge on any atom is 0.367 e. The summed E-state index contributed by atoms with van der Waals surface area (Å²) in [5, 5.41) is 2.61. The van der Waals surface area contributed by atoms with Gasteiger partial charge in [0.05, 0.1) is 5.56 Å². The van der Waals surface area contributed by atoms with Crippen LogP contribution in [0.4, 0.5) is 5.69 Å². The van der Waals surface area contributed by atoms with Crippen LogP contribution in [0.3, 0.4) is 0 Å². The van der Waals surface area contributed by atoms with Crippen LogP contribution in [-0.4, -0.2) is 20.1 Å². The first-order chi connectivity index (χ1) is 9.61. The van der Waals surface area contributed by atoms with Gasteiger partial charge in [-0.25, -0.2) is 4.79 Å². The second kappa shape index (κ2) is 5.97. The van der Waals surface area contributed by atoms with Crippen molar-refractivity contribution in [3.8, 4) is 11.1 Å². The van der Waals surface area contributed by atoms with Crippen LogP contribution in [-0.2, 0) is 4.84 Å². The largest absolute Gasteiger partial charge is 0.378 e. The zero-order valence-electron chi connectivity index (χ0n) is 11.3. The lowest BCUT2D eigenvalue weighted by Gasteiger charge is -2.12. The highest BCUT2D eigenvalue weighted by Gasteiger charge is 2.07. The molecule has 0 atom stereocenters. The van der Waals surface area contributed by atoms with Crippen LogP contribution >= 0.6 is 0 Å². The molecule has 0 heterocycles. The summed E-state index contributed by atoms with van der Waals surface area (Å²) >= 11 is 0. The Labute approximate surface area is 117 Å². The second-order valence-electron chi connectivity index (χ2n) is 4.49. The van der Waals surface area contributed by atoms with Gasteiger partial charge in [-0.2, -0.15) is 5.53 Å². The summed E-state index contributed by atoms with van der Waals surface area (Å²) in [5.41, 5.74) is 10.1. The van der Waals surface area contributed by atoms with E-state index in [0.29, 0.717) is 5.56 Å². The van der Waals surface area contributed by atoms with E-state index in [1.165, 1.54) is 0 Å². The van der Waals surface area contributed by atoms with Gasteiger partial charge < -0.3 is 4.90 Å². The molecular formula is C15H15N3O2. The third-order valence-corrected chi connectivity index (χ3v) is 2.97. The molecule has 0 saturated heterocycles. The summed E-state index contributed by atoms with van der Waals surface area (Å²) < 4.78 is 0. The molecule has 20 heavy (non-hydrogen) atoms. The van der Waals surface area contributed by atoms with Crippen molar-refractivity contribution in [3.63, 3.8) is 0 Å². The van der Waals surface area contributed by atoms with E-state index in [-0.39, 0.29) is 0 Å². The predicted octanol–water partition coefficient (Wildman–Crippen LogP) is 3.52. The van der Waals surface area contributed by atoms with Crippen molar-refractivity contribution in [2.75, 3.05) is 19.0 Å². The number of carbonyl (C=O) groups excluding carboxylic acids is 1. The molecular weight excluding hydrogens is 254 g/mol. The molecule has 2 aromatic rings. The van der Waals surface area contributed by atoms with Gasteiger partial charge in [0.2, 0.25) is 0 Å². The van der Waals surface area contributed by atoms with Crippen molar-refractivity contribution in [1.82, 2.24) is 0 Å². The fraction of sp³-hybridized carbons (Fsp3) is 0.133. The van der Waals surface area contributed by atoms with Gasteiger partial charge in [0.15, 0.2) is 0 Å². The minimum atomic E-state index is -0.630. The lowest BCUT2D eigenvalue weighted by atomic mass is 10.0. The van der Waals surface area contributed by atoms with Crippen LogP contribution in [0.15, 0.2) is 53.8 Å². The molecule has 0 spiro atoms. The maximum absolute atomic E-state index is 11.4. The molecule has 0 aromatic heterocycles. The van der Waals surface area contributed by atoms with Crippen LogP contribution in [0.1, 0.15) is 10.4 Å². The number of anilines is 1. The van der Waals surface area contributed by atoms with E-state index in [2.05, 4.69) is 10.1 Å².